The van der Waals surface area contributed by atoms with Crippen LogP contribution in [0.15, 0.2) is 194 Å². The third-order valence-electron chi connectivity index (χ3n) is 10.9. The first-order valence-corrected chi connectivity index (χ1v) is 17.9. The van der Waals surface area contributed by atoms with Gasteiger partial charge in [0, 0.05) is 32.9 Å². The second-order valence-corrected chi connectivity index (χ2v) is 13.7. The van der Waals surface area contributed by atoms with Crippen LogP contribution in [0.4, 0.5) is 0 Å². The Morgan fingerprint density at radius 2 is 0.769 bits per heavy atom. The summed E-state index contributed by atoms with van der Waals surface area (Å²) in [7, 11) is 0. The molecule has 0 aliphatic heterocycles. The van der Waals surface area contributed by atoms with Crippen molar-refractivity contribution < 1.29 is 0 Å². The smallest absolute Gasteiger partial charge is 0.0547 e. The van der Waals surface area contributed by atoms with E-state index in [9.17, 15) is 0 Å². The Kier molecular flexibility index (Phi) is 6.28. The van der Waals surface area contributed by atoms with Gasteiger partial charge in [-0.1, -0.05) is 121 Å². The Balaban J connectivity index is 1.23. The Bertz CT molecular complexity index is 3150. The van der Waals surface area contributed by atoms with E-state index in [0.717, 1.165) is 0 Å². The molecule has 0 aliphatic carbocycles. The molecule has 11 aromatic rings. The lowest BCUT2D eigenvalue weighted by atomic mass is 9.90. The van der Waals surface area contributed by atoms with E-state index in [1.54, 1.807) is 0 Å². The number of nitrogens with zero attached hydrogens (tertiary/aromatic N) is 2. The summed E-state index contributed by atoms with van der Waals surface area (Å²) < 4.78 is 4.80. The quantitative estimate of drug-likeness (QED) is 0.166. The van der Waals surface area contributed by atoms with E-state index in [-0.39, 0.29) is 0 Å². The fourth-order valence-corrected chi connectivity index (χ4v) is 8.52. The van der Waals surface area contributed by atoms with Gasteiger partial charge in [0.1, 0.15) is 0 Å². The van der Waals surface area contributed by atoms with E-state index in [1.807, 2.05) is 0 Å². The number of aromatic nitrogens is 2. The molecular formula is C50H32N2. The van der Waals surface area contributed by atoms with Crippen LogP contribution in [-0.2, 0) is 0 Å². The Morgan fingerprint density at radius 1 is 0.250 bits per heavy atom. The van der Waals surface area contributed by atoms with Gasteiger partial charge >= 0.3 is 0 Å². The Labute approximate surface area is 301 Å². The minimum atomic E-state index is 1.17. The van der Waals surface area contributed by atoms with Gasteiger partial charge in [-0.3, -0.25) is 0 Å². The molecular weight excluding hydrogens is 629 g/mol. The first-order chi connectivity index (χ1) is 25.8. The zero-order chi connectivity index (χ0) is 34.2. The largest absolute Gasteiger partial charge is 0.309 e. The van der Waals surface area contributed by atoms with Crippen molar-refractivity contribution in [2.24, 2.45) is 0 Å². The standard InChI is InChI=1S/C50H32N2/c1-4-14-33(15-5-1)34-24-26-39-42(35-25-27-49-45(29-35)40-20-10-12-22-47(40)51(49)37-16-6-2-7-17-37)30-36-31-50-46(32-43(36)44(39)28-34)41-21-11-13-23-48(41)52(50)38-18-8-3-9-19-38/h1-32H. The second-order valence-electron chi connectivity index (χ2n) is 13.7. The summed E-state index contributed by atoms with van der Waals surface area (Å²) in [5.74, 6) is 0. The topological polar surface area (TPSA) is 9.86 Å². The van der Waals surface area contributed by atoms with Gasteiger partial charge in [-0.25, -0.2) is 0 Å². The average molecular weight is 661 g/mol. The minimum absolute atomic E-state index is 1.17. The number of rotatable bonds is 4. The Hall–Kier alpha value is -6.90. The average Bonchev–Trinajstić information content (AvgIpc) is 3.72. The predicted molar refractivity (Wildman–Crippen MR) is 221 cm³/mol. The van der Waals surface area contributed by atoms with Crippen LogP contribution in [0.2, 0.25) is 0 Å². The van der Waals surface area contributed by atoms with Crippen molar-refractivity contribution >= 4 is 65.2 Å². The SMILES string of the molecule is c1ccc(-c2ccc3c(-c4ccc5c(c4)c4ccccc4n5-c4ccccc4)cc4cc5c(cc4c3c2)c2ccccc2n5-c2ccccc2)cc1. The molecule has 2 aromatic heterocycles. The maximum atomic E-state index is 2.43. The molecule has 0 N–H and O–H groups in total. The minimum Gasteiger partial charge on any atom is -0.309 e. The summed E-state index contributed by atoms with van der Waals surface area (Å²) in [6.07, 6.45) is 0. The lowest BCUT2D eigenvalue weighted by Crippen LogP contribution is -1.93. The van der Waals surface area contributed by atoms with Crippen LogP contribution in [0.5, 0.6) is 0 Å². The number of benzene rings is 9. The van der Waals surface area contributed by atoms with Crippen LogP contribution < -0.4 is 0 Å². The van der Waals surface area contributed by atoms with Crippen molar-refractivity contribution in [1.29, 1.82) is 0 Å². The molecule has 2 heterocycles. The molecule has 11 rings (SSSR count). The Morgan fingerprint density at radius 3 is 1.44 bits per heavy atom. The zero-order valence-electron chi connectivity index (χ0n) is 28.4. The van der Waals surface area contributed by atoms with E-state index >= 15 is 0 Å². The zero-order valence-corrected chi connectivity index (χ0v) is 28.4. The van der Waals surface area contributed by atoms with Crippen molar-refractivity contribution in [3.8, 4) is 33.6 Å². The molecule has 0 spiro atoms. The summed E-state index contributed by atoms with van der Waals surface area (Å²) in [6.45, 7) is 0. The lowest BCUT2D eigenvalue weighted by Gasteiger charge is -2.15. The molecule has 0 amide bonds. The third-order valence-corrected chi connectivity index (χ3v) is 10.9. The molecule has 0 fully saturated rings. The number of para-hydroxylation sites is 4. The summed E-state index contributed by atoms with van der Waals surface area (Å²) in [5, 5.41) is 10.1. The number of fused-ring (bicyclic) bond motifs is 9. The van der Waals surface area contributed by atoms with Gasteiger partial charge in [0.05, 0.1) is 22.1 Å². The van der Waals surface area contributed by atoms with Gasteiger partial charge in [0.25, 0.3) is 0 Å². The van der Waals surface area contributed by atoms with Crippen LogP contribution in [0.1, 0.15) is 0 Å². The molecule has 52 heavy (non-hydrogen) atoms. The maximum absolute atomic E-state index is 2.43. The fourth-order valence-electron chi connectivity index (χ4n) is 8.52. The summed E-state index contributed by atoms with van der Waals surface area (Å²) in [5.41, 5.74) is 12.1. The van der Waals surface area contributed by atoms with E-state index in [2.05, 4.69) is 203 Å². The second kappa shape index (κ2) is 11.3. The van der Waals surface area contributed by atoms with Gasteiger partial charge < -0.3 is 9.13 Å². The normalized spacial score (nSPS) is 11.8. The molecule has 0 unspecified atom stereocenters. The molecule has 0 bridgehead atoms. The molecule has 0 saturated heterocycles. The van der Waals surface area contributed by atoms with Crippen LogP contribution in [-0.4, -0.2) is 9.13 Å². The fraction of sp³-hybridized carbons (Fsp3) is 0. The van der Waals surface area contributed by atoms with Crippen LogP contribution in [0.3, 0.4) is 0 Å². The molecule has 0 saturated carbocycles. The van der Waals surface area contributed by atoms with Crippen molar-refractivity contribution in [2.75, 3.05) is 0 Å². The first-order valence-electron chi connectivity index (χ1n) is 17.9. The molecule has 2 nitrogen and oxygen atoms in total. The third kappa shape index (κ3) is 4.31. The highest BCUT2D eigenvalue weighted by molar-refractivity contribution is 6.22. The van der Waals surface area contributed by atoms with Gasteiger partial charge in [0.15, 0.2) is 0 Å². The molecule has 2 heteroatoms. The first kappa shape index (κ1) is 28.9. The van der Waals surface area contributed by atoms with E-state index in [0.29, 0.717) is 0 Å². The molecule has 242 valence electrons. The van der Waals surface area contributed by atoms with Crippen LogP contribution >= 0.6 is 0 Å². The highest BCUT2D eigenvalue weighted by Crippen LogP contribution is 2.43. The van der Waals surface area contributed by atoms with Gasteiger partial charge in [-0.05, 0) is 117 Å². The molecule has 0 aliphatic rings. The summed E-state index contributed by atoms with van der Waals surface area (Å²) in [6, 6.07) is 71.1. The highest BCUT2D eigenvalue weighted by Gasteiger charge is 2.18. The highest BCUT2D eigenvalue weighted by atomic mass is 15.0. The predicted octanol–water partition coefficient (Wildman–Crippen LogP) is 13.5. The van der Waals surface area contributed by atoms with Gasteiger partial charge in [-0.2, -0.15) is 0 Å². The van der Waals surface area contributed by atoms with E-state index < -0.39 is 0 Å². The maximum Gasteiger partial charge on any atom is 0.0547 e. The van der Waals surface area contributed by atoms with E-state index in [1.165, 1.54) is 98.8 Å². The van der Waals surface area contributed by atoms with Crippen LogP contribution in [0.25, 0.3) is 98.8 Å². The lowest BCUT2D eigenvalue weighted by molar-refractivity contribution is 1.18. The van der Waals surface area contributed by atoms with Crippen molar-refractivity contribution in [2.45, 2.75) is 0 Å². The monoisotopic (exact) mass is 660 g/mol. The van der Waals surface area contributed by atoms with Gasteiger partial charge in [-0.15, -0.1) is 0 Å². The summed E-state index contributed by atoms with van der Waals surface area (Å²) >= 11 is 0. The van der Waals surface area contributed by atoms with E-state index in [4.69, 9.17) is 0 Å². The van der Waals surface area contributed by atoms with Crippen molar-refractivity contribution in [3.63, 3.8) is 0 Å². The molecule has 0 radical (unpaired) electrons. The van der Waals surface area contributed by atoms with Crippen molar-refractivity contribution in [3.05, 3.63) is 194 Å². The number of hydrogen-bond donors (Lipinski definition) is 0. The van der Waals surface area contributed by atoms with Gasteiger partial charge in [0.2, 0.25) is 0 Å². The number of hydrogen-bond acceptors (Lipinski definition) is 0. The summed E-state index contributed by atoms with van der Waals surface area (Å²) in [4.78, 5) is 0. The van der Waals surface area contributed by atoms with Crippen molar-refractivity contribution in [1.82, 2.24) is 9.13 Å². The van der Waals surface area contributed by atoms with Crippen LogP contribution in [0, 0.1) is 0 Å². The molecule has 9 aromatic carbocycles. The molecule has 0 atom stereocenters.